The van der Waals surface area contributed by atoms with Crippen LogP contribution in [0.3, 0.4) is 0 Å². The number of ether oxygens (including phenoxy) is 1. The topological polar surface area (TPSA) is 128 Å². The van der Waals surface area contributed by atoms with Crippen molar-refractivity contribution in [2.75, 3.05) is 30.3 Å². The van der Waals surface area contributed by atoms with E-state index in [1.807, 2.05) is 54.7 Å². The van der Waals surface area contributed by atoms with Crippen LogP contribution in [0.2, 0.25) is 0 Å². The molecule has 192 valence electrons. The van der Waals surface area contributed by atoms with Gasteiger partial charge in [-0.15, -0.1) is 0 Å². The number of aryl methyl sites for hydroxylation is 2. The lowest BCUT2D eigenvalue weighted by Crippen LogP contribution is -2.29. The van der Waals surface area contributed by atoms with E-state index in [1.165, 1.54) is 6.33 Å². The van der Waals surface area contributed by atoms with Crippen LogP contribution in [0.25, 0.3) is 11.0 Å². The zero-order valence-electron chi connectivity index (χ0n) is 20.6. The van der Waals surface area contributed by atoms with Gasteiger partial charge in [0.05, 0.1) is 24.0 Å². The van der Waals surface area contributed by atoms with E-state index in [1.54, 1.807) is 0 Å². The zero-order chi connectivity index (χ0) is 25.9. The molecule has 2 aromatic heterocycles. The van der Waals surface area contributed by atoms with E-state index < -0.39 is 11.8 Å². The van der Waals surface area contributed by atoms with Gasteiger partial charge in [-0.1, -0.05) is 17.7 Å². The van der Waals surface area contributed by atoms with Gasteiger partial charge in [-0.05, 0) is 68.1 Å². The van der Waals surface area contributed by atoms with E-state index in [0.717, 1.165) is 48.3 Å². The van der Waals surface area contributed by atoms with Crippen LogP contribution in [0.1, 0.15) is 44.9 Å². The Morgan fingerprint density at radius 2 is 1.92 bits per heavy atom. The molecule has 1 aliphatic heterocycles. The number of hydrogen-bond donors (Lipinski definition) is 4. The first kappa shape index (κ1) is 24.8. The fourth-order valence-electron chi connectivity index (χ4n) is 4.36. The highest BCUT2D eigenvalue weighted by molar-refractivity contribution is 6.13. The maximum Gasteiger partial charge on any atom is 0.276 e. The molecule has 0 aliphatic carbocycles. The van der Waals surface area contributed by atoms with Crippen LogP contribution in [0.15, 0.2) is 42.7 Å². The summed E-state index contributed by atoms with van der Waals surface area (Å²) in [7, 11) is 0. The van der Waals surface area contributed by atoms with Gasteiger partial charge in [-0.2, -0.15) is 0 Å². The molecule has 4 N–H and O–H groups in total. The second kappa shape index (κ2) is 10.6. The highest BCUT2D eigenvalue weighted by Gasteiger charge is 2.22. The molecule has 0 radical (unpaired) electrons. The molecule has 37 heavy (non-hydrogen) atoms. The Morgan fingerprint density at radius 3 is 2.70 bits per heavy atom. The van der Waals surface area contributed by atoms with E-state index >= 15 is 0 Å². The van der Waals surface area contributed by atoms with E-state index in [9.17, 15) is 9.59 Å². The number of anilines is 2. The van der Waals surface area contributed by atoms with E-state index in [2.05, 4.69) is 30.6 Å². The van der Waals surface area contributed by atoms with Gasteiger partial charge in [0.15, 0.2) is 5.69 Å². The first-order chi connectivity index (χ1) is 17.9. The largest absolute Gasteiger partial charge is 0.493 e. The highest BCUT2D eigenvalue weighted by Crippen LogP contribution is 2.24. The molecule has 4 aromatic rings. The Labute approximate surface area is 218 Å². The summed E-state index contributed by atoms with van der Waals surface area (Å²) in [6.45, 7) is 6.24. The molecular weight excluding hydrogens is 494 g/mol. The van der Waals surface area contributed by atoms with Gasteiger partial charge in [-0.25, -0.2) is 14.4 Å². The molecule has 10 nitrogen and oxygen atoms in total. The van der Waals surface area contributed by atoms with Gasteiger partial charge < -0.3 is 20.0 Å². The number of fused-ring (bicyclic) bond motifs is 1. The molecule has 0 bridgehead atoms. The van der Waals surface area contributed by atoms with Gasteiger partial charge in [-0.3, -0.25) is 14.9 Å². The summed E-state index contributed by atoms with van der Waals surface area (Å²) in [5.41, 5.74) is 4.09. The smallest absolute Gasteiger partial charge is 0.276 e. The summed E-state index contributed by atoms with van der Waals surface area (Å²) in [5, 5.41) is 5.52. The zero-order valence-corrected chi connectivity index (χ0v) is 21.4. The second-order valence-electron chi connectivity index (χ2n) is 9.28. The molecule has 1 aliphatic rings. The molecule has 2 amide bonds. The average molecular weight is 522 g/mol. The quantitative estimate of drug-likeness (QED) is 0.262. The van der Waals surface area contributed by atoms with Crippen LogP contribution in [0.5, 0.6) is 5.75 Å². The van der Waals surface area contributed by atoms with Crippen molar-refractivity contribution in [3.05, 3.63) is 65.2 Å². The number of hydrogen-bond acceptors (Lipinski definition) is 6. The summed E-state index contributed by atoms with van der Waals surface area (Å²) >= 11 is 6.03. The number of nitrogens with zero attached hydrogens (tertiary/aromatic N) is 3. The summed E-state index contributed by atoms with van der Waals surface area (Å²) in [6, 6.07) is 11.2. The molecule has 11 heteroatoms. The van der Waals surface area contributed by atoms with E-state index in [4.69, 9.17) is 16.5 Å². The minimum Gasteiger partial charge on any atom is -0.493 e. The molecule has 1 fully saturated rings. The van der Waals surface area contributed by atoms with Crippen molar-refractivity contribution in [2.45, 2.75) is 26.7 Å². The Kier molecular flexibility index (Phi) is 7.11. The fraction of sp³-hybridized carbons (Fsp3) is 0.308. The van der Waals surface area contributed by atoms with Gasteiger partial charge in [0, 0.05) is 24.8 Å². The normalized spacial score (nSPS) is 14.6. The third-order valence-corrected chi connectivity index (χ3v) is 6.78. The molecule has 0 saturated carbocycles. The minimum atomic E-state index is -0.538. The Balaban J connectivity index is 1.24. The Bertz CT molecular complexity index is 1440. The lowest BCUT2D eigenvalue weighted by Gasteiger charge is -2.26. The third-order valence-electron chi connectivity index (χ3n) is 6.44. The number of H-pyrrole nitrogens is 2. The van der Waals surface area contributed by atoms with Crippen molar-refractivity contribution < 1.29 is 14.3 Å². The average Bonchev–Trinajstić information content (AvgIpc) is 3.52. The van der Waals surface area contributed by atoms with Crippen molar-refractivity contribution in [1.82, 2.24) is 24.4 Å². The lowest BCUT2D eigenvalue weighted by molar-refractivity contribution is 0.0985. The van der Waals surface area contributed by atoms with Crippen LogP contribution in [0, 0.1) is 19.8 Å². The number of halogens is 1. The number of piperidine rings is 1. The minimum absolute atomic E-state index is 0.00993. The van der Waals surface area contributed by atoms with Crippen LogP contribution >= 0.6 is 11.8 Å². The van der Waals surface area contributed by atoms with Crippen molar-refractivity contribution in [3.63, 3.8) is 0 Å². The summed E-state index contributed by atoms with van der Waals surface area (Å²) in [5.74, 6) is 0.423. The summed E-state index contributed by atoms with van der Waals surface area (Å²) < 4.78 is 7.80. The number of nitrogens with one attached hydrogen (secondary N) is 4. The van der Waals surface area contributed by atoms with Crippen LogP contribution in [-0.4, -0.2) is 55.9 Å². The third kappa shape index (κ3) is 5.76. The van der Waals surface area contributed by atoms with Gasteiger partial charge in [0.25, 0.3) is 11.8 Å². The predicted octanol–water partition coefficient (Wildman–Crippen LogP) is 4.65. The number of benzene rings is 2. The highest BCUT2D eigenvalue weighted by atomic mass is 35.5. The molecular formula is C26H28ClN7O3. The molecule has 5 rings (SSSR count). The first-order valence-corrected chi connectivity index (χ1v) is 12.5. The SMILES string of the molecule is Cc1ccc(NC(=O)c2nc[nH]c2C(=O)Nc2nc3ccc(OCC4CCN(Cl)CC4)cc3[nH]2)c(C)c1. The number of aromatic amines is 2. The van der Waals surface area contributed by atoms with Gasteiger partial charge in [0.1, 0.15) is 11.4 Å². The number of carbonyl (C=O) groups is 2. The molecule has 0 unspecified atom stereocenters. The molecule has 0 spiro atoms. The molecule has 2 aromatic carbocycles. The monoisotopic (exact) mass is 521 g/mol. The maximum atomic E-state index is 12.9. The summed E-state index contributed by atoms with van der Waals surface area (Å²) in [6.07, 6.45) is 3.32. The van der Waals surface area contributed by atoms with Crippen LogP contribution in [0.4, 0.5) is 11.6 Å². The standard InChI is InChI=1S/C26H28ClN7O3/c1-15-3-5-19(16(2)11-15)30-24(35)22-23(29-14-28-22)25(36)33-26-31-20-6-4-18(12-21(20)32-26)37-13-17-7-9-34(27)10-8-17/h3-6,11-12,14,17H,7-10,13H2,1-2H3,(H,28,29)(H,30,35)(H2,31,32,33,36). The second-order valence-corrected chi connectivity index (χ2v) is 9.76. The number of aromatic nitrogens is 4. The molecule has 3 heterocycles. The molecule has 1 saturated heterocycles. The van der Waals surface area contributed by atoms with Crippen LogP contribution < -0.4 is 15.4 Å². The first-order valence-electron chi connectivity index (χ1n) is 12.1. The van der Waals surface area contributed by atoms with Crippen molar-refractivity contribution in [3.8, 4) is 5.75 Å². The maximum absolute atomic E-state index is 12.9. The molecule has 0 atom stereocenters. The van der Waals surface area contributed by atoms with Crippen molar-refractivity contribution >= 4 is 46.3 Å². The van der Waals surface area contributed by atoms with Crippen LogP contribution in [-0.2, 0) is 0 Å². The van der Waals surface area contributed by atoms with Crippen molar-refractivity contribution in [2.24, 2.45) is 5.92 Å². The Morgan fingerprint density at radius 1 is 1.11 bits per heavy atom. The van der Waals surface area contributed by atoms with E-state index in [-0.39, 0.29) is 17.3 Å². The van der Waals surface area contributed by atoms with E-state index in [0.29, 0.717) is 23.7 Å². The van der Waals surface area contributed by atoms with Gasteiger partial charge >= 0.3 is 0 Å². The predicted molar refractivity (Wildman–Crippen MR) is 142 cm³/mol. The number of imidazole rings is 2. The summed E-state index contributed by atoms with van der Waals surface area (Å²) in [4.78, 5) is 40.1. The van der Waals surface area contributed by atoms with Crippen molar-refractivity contribution in [1.29, 1.82) is 0 Å². The lowest BCUT2D eigenvalue weighted by atomic mass is 9.99. The number of amides is 2. The Hall–Kier alpha value is -3.89. The number of rotatable bonds is 7. The van der Waals surface area contributed by atoms with Gasteiger partial charge in [0.2, 0.25) is 5.95 Å². The number of carbonyl (C=O) groups excluding carboxylic acids is 2. The fourth-order valence-corrected chi connectivity index (χ4v) is 4.56.